The predicted octanol–water partition coefficient (Wildman–Crippen LogP) is 5.16. The zero-order valence-electron chi connectivity index (χ0n) is 15.1. The fourth-order valence-electron chi connectivity index (χ4n) is 3.07. The number of anilines is 1. The third-order valence-electron chi connectivity index (χ3n) is 4.25. The van der Waals surface area contributed by atoms with Gasteiger partial charge in [0.25, 0.3) is 5.91 Å². The van der Waals surface area contributed by atoms with E-state index in [1.165, 1.54) is 17.3 Å². The maximum absolute atomic E-state index is 13.1. The van der Waals surface area contributed by atoms with Gasteiger partial charge in [-0.1, -0.05) is 23.7 Å². The van der Waals surface area contributed by atoms with E-state index < -0.39 is 0 Å². The van der Waals surface area contributed by atoms with Crippen LogP contribution < -0.4 is 9.64 Å². The number of nitrogens with zero attached hydrogens (tertiary/aromatic N) is 2. The number of halogens is 1. The molecule has 2 aromatic rings. The minimum absolute atomic E-state index is 0.0819. The van der Waals surface area contributed by atoms with Crippen molar-refractivity contribution >= 4 is 46.2 Å². The minimum Gasteiger partial charge on any atom is -0.493 e. The number of hydrogen-bond donors (Lipinski definition) is 0. The number of benzene rings is 2. The second-order valence-electron chi connectivity index (χ2n) is 6.70. The molecule has 0 unspecified atom stereocenters. The highest BCUT2D eigenvalue weighted by Crippen LogP contribution is 2.37. The molecule has 0 saturated carbocycles. The SMILES string of the molecule is CC(C)N=C1S/C(=C\c2ccc3c(c2)CCO3)C(=O)N1c1cccc(Cl)c1. The van der Waals surface area contributed by atoms with Crippen LogP contribution in [0, 0.1) is 0 Å². The average molecular weight is 399 g/mol. The van der Waals surface area contributed by atoms with E-state index in [2.05, 4.69) is 11.1 Å². The van der Waals surface area contributed by atoms with Crippen molar-refractivity contribution in [2.45, 2.75) is 26.3 Å². The maximum Gasteiger partial charge on any atom is 0.271 e. The van der Waals surface area contributed by atoms with Gasteiger partial charge < -0.3 is 4.74 Å². The first kappa shape index (κ1) is 18.1. The van der Waals surface area contributed by atoms with Crippen LogP contribution >= 0.6 is 23.4 Å². The summed E-state index contributed by atoms with van der Waals surface area (Å²) in [4.78, 5) is 20.1. The second kappa shape index (κ2) is 7.41. The number of ether oxygens (including phenoxy) is 1. The second-order valence-corrected chi connectivity index (χ2v) is 8.15. The Kier molecular flexibility index (Phi) is 4.98. The summed E-state index contributed by atoms with van der Waals surface area (Å²) in [7, 11) is 0. The number of carbonyl (C=O) groups excluding carboxylic acids is 1. The van der Waals surface area contributed by atoms with E-state index in [0.717, 1.165) is 30.0 Å². The topological polar surface area (TPSA) is 41.9 Å². The van der Waals surface area contributed by atoms with Gasteiger partial charge in [-0.25, -0.2) is 0 Å². The molecule has 6 heteroatoms. The van der Waals surface area contributed by atoms with Crippen LogP contribution in [0.5, 0.6) is 5.75 Å². The molecule has 138 valence electrons. The summed E-state index contributed by atoms with van der Waals surface area (Å²) in [5.41, 5.74) is 2.90. The first-order valence-corrected chi connectivity index (χ1v) is 10.0. The Bertz CT molecular complexity index is 968. The van der Waals surface area contributed by atoms with Crippen molar-refractivity contribution in [3.8, 4) is 5.75 Å². The summed E-state index contributed by atoms with van der Waals surface area (Å²) in [6.07, 6.45) is 2.83. The molecule has 2 aliphatic rings. The maximum atomic E-state index is 13.1. The molecule has 0 spiro atoms. The van der Waals surface area contributed by atoms with Gasteiger partial charge in [0.1, 0.15) is 5.75 Å². The highest BCUT2D eigenvalue weighted by molar-refractivity contribution is 8.19. The van der Waals surface area contributed by atoms with Crippen LogP contribution in [0.1, 0.15) is 25.0 Å². The highest BCUT2D eigenvalue weighted by Gasteiger charge is 2.35. The fourth-order valence-corrected chi connectivity index (χ4v) is 4.37. The van der Waals surface area contributed by atoms with Gasteiger partial charge in [-0.2, -0.15) is 0 Å². The minimum atomic E-state index is -0.0848. The molecule has 0 aliphatic carbocycles. The summed E-state index contributed by atoms with van der Waals surface area (Å²) < 4.78 is 5.56. The molecule has 1 saturated heterocycles. The predicted molar refractivity (Wildman–Crippen MR) is 113 cm³/mol. The summed E-state index contributed by atoms with van der Waals surface area (Å²) >= 11 is 7.53. The lowest BCUT2D eigenvalue weighted by molar-refractivity contribution is -0.113. The Balaban J connectivity index is 1.72. The van der Waals surface area contributed by atoms with Crippen LogP contribution in [-0.4, -0.2) is 23.7 Å². The van der Waals surface area contributed by atoms with Crippen molar-refractivity contribution in [1.29, 1.82) is 0 Å². The van der Waals surface area contributed by atoms with E-state index in [4.69, 9.17) is 16.3 Å². The van der Waals surface area contributed by atoms with E-state index in [1.807, 2.05) is 44.2 Å². The van der Waals surface area contributed by atoms with E-state index in [1.54, 1.807) is 17.0 Å². The van der Waals surface area contributed by atoms with Gasteiger partial charge in [-0.3, -0.25) is 14.7 Å². The molecule has 1 fully saturated rings. The van der Waals surface area contributed by atoms with Gasteiger partial charge in [0, 0.05) is 17.5 Å². The zero-order valence-corrected chi connectivity index (χ0v) is 16.7. The summed E-state index contributed by atoms with van der Waals surface area (Å²) in [6.45, 7) is 4.71. The molecule has 27 heavy (non-hydrogen) atoms. The van der Waals surface area contributed by atoms with E-state index in [-0.39, 0.29) is 11.9 Å². The van der Waals surface area contributed by atoms with Gasteiger partial charge in [0.15, 0.2) is 5.17 Å². The van der Waals surface area contributed by atoms with Gasteiger partial charge >= 0.3 is 0 Å². The average Bonchev–Trinajstić information content (AvgIpc) is 3.19. The van der Waals surface area contributed by atoms with E-state index in [0.29, 0.717) is 15.1 Å². The molecule has 0 radical (unpaired) electrons. The Morgan fingerprint density at radius 2 is 2.11 bits per heavy atom. The number of thioether (sulfide) groups is 1. The van der Waals surface area contributed by atoms with E-state index >= 15 is 0 Å². The van der Waals surface area contributed by atoms with Gasteiger partial charge in [0.05, 0.1) is 17.2 Å². The molecule has 0 atom stereocenters. The lowest BCUT2D eigenvalue weighted by Gasteiger charge is -2.16. The molecule has 0 bridgehead atoms. The van der Waals surface area contributed by atoms with Crippen molar-refractivity contribution < 1.29 is 9.53 Å². The van der Waals surface area contributed by atoms with Crippen LogP contribution in [0.3, 0.4) is 0 Å². The standard InChI is InChI=1S/C21H19ClN2O2S/c1-13(2)23-21-24(17-5-3-4-16(22)12-17)20(25)19(27-21)11-14-6-7-18-15(10-14)8-9-26-18/h3-7,10-13H,8-9H2,1-2H3/b19-11-,23-21?. The smallest absolute Gasteiger partial charge is 0.271 e. The van der Waals surface area contributed by atoms with Crippen LogP contribution in [-0.2, 0) is 11.2 Å². The summed E-state index contributed by atoms with van der Waals surface area (Å²) in [5, 5.41) is 1.26. The lowest BCUT2D eigenvalue weighted by atomic mass is 10.1. The normalized spacial score (nSPS) is 19.3. The van der Waals surface area contributed by atoms with Crippen LogP contribution in [0.4, 0.5) is 5.69 Å². The van der Waals surface area contributed by atoms with Crippen molar-refractivity contribution in [1.82, 2.24) is 0 Å². The van der Waals surface area contributed by atoms with Crippen LogP contribution in [0.2, 0.25) is 5.02 Å². The van der Waals surface area contributed by atoms with Gasteiger partial charge in [-0.05, 0) is 73.1 Å². The third-order valence-corrected chi connectivity index (χ3v) is 5.47. The Hall–Kier alpha value is -2.24. The lowest BCUT2D eigenvalue weighted by Crippen LogP contribution is -2.29. The summed E-state index contributed by atoms with van der Waals surface area (Å²) in [6, 6.07) is 13.4. The molecule has 0 aromatic heterocycles. The van der Waals surface area contributed by atoms with Crippen molar-refractivity contribution in [2.75, 3.05) is 11.5 Å². The number of aliphatic imine (C=N–C) groups is 1. The number of fused-ring (bicyclic) bond motifs is 1. The zero-order chi connectivity index (χ0) is 19.0. The first-order valence-electron chi connectivity index (χ1n) is 8.84. The third kappa shape index (κ3) is 3.75. The Morgan fingerprint density at radius 1 is 1.26 bits per heavy atom. The number of hydrogen-bond acceptors (Lipinski definition) is 4. The van der Waals surface area contributed by atoms with Crippen LogP contribution in [0.25, 0.3) is 6.08 Å². The molecule has 2 aliphatic heterocycles. The summed E-state index contributed by atoms with van der Waals surface area (Å²) in [5.74, 6) is 0.851. The van der Waals surface area contributed by atoms with Gasteiger partial charge in [-0.15, -0.1) is 0 Å². The number of amides is 1. The van der Waals surface area contributed by atoms with Gasteiger partial charge in [0.2, 0.25) is 0 Å². The number of rotatable bonds is 3. The quantitative estimate of drug-likeness (QED) is 0.670. The largest absolute Gasteiger partial charge is 0.493 e. The monoisotopic (exact) mass is 398 g/mol. The molecule has 0 N–H and O–H groups in total. The highest BCUT2D eigenvalue weighted by atomic mass is 35.5. The van der Waals surface area contributed by atoms with Crippen molar-refractivity contribution in [3.63, 3.8) is 0 Å². The molecule has 1 amide bonds. The number of amidine groups is 1. The number of carbonyl (C=O) groups is 1. The molecular formula is C21H19ClN2O2S. The molecule has 4 nitrogen and oxygen atoms in total. The Labute approximate surface area is 167 Å². The fraction of sp³-hybridized carbons (Fsp3) is 0.238. The first-order chi connectivity index (χ1) is 13.0. The van der Waals surface area contributed by atoms with Crippen molar-refractivity contribution in [2.24, 2.45) is 4.99 Å². The molecule has 2 heterocycles. The van der Waals surface area contributed by atoms with Crippen LogP contribution in [0.15, 0.2) is 52.4 Å². The Morgan fingerprint density at radius 3 is 2.89 bits per heavy atom. The molecule has 2 aromatic carbocycles. The van der Waals surface area contributed by atoms with Crippen molar-refractivity contribution in [3.05, 3.63) is 63.5 Å². The molecular weight excluding hydrogens is 380 g/mol. The van der Waals surface area contributed by atoms with E-state index in [9.17, 15) is 4.79 Å². The molecule has 4 rings (SSSR count).